The first-order chi connectivity index (χ1) is 8.24. The summed E-state index contributed by atoms with van der Waals surface area (Å²) < 4.78 is 28.2. The maximum Gasteiger partial charge on any atom is 0.207 e. The standard InChI is InChI=1S/C12H11F2N3/c13-8-1-4-11(10(14)7-8)16-12-15-5-6-17(12)9-2-3-9/h1,4-7,9H,2-3H2,(H,15,16). The van der Waals surface area contributed by atoms with E-state index in [4.69, 9.17) is 0 Å². The molecule has 1 aromatic heterocycles. The SMILES string of the molecule is Fc1ccc(Nc2nccn2C2CC2)c(F)c1. The van der Waals surface area contributed by atoms with Gasteiger partial charge in [-0.1, -0.05) is 0 Å². The number of aromatic nitrogens is 2. The molecule has 0 unspecified atom stereocenters. The zero-order valence-corrected chi connectivity index (χ0v) is 9.03. The third-order valence-electron chi connectivity index (χ3n) is 2.79. The second-order valence-electron chi connectivity index (χ2n) is 4.14. The van der Waals surface area contributed by atoms with Crippen LogP contribution in [0.3, 0.4) is 0 Å². The van der Waals surface area contributed by atoms with Crippen LogP contribution < -0.4 is 5.32 Å². The summed E-state index contributed by atoms with van der Waals surface area (Å²) >= 11 is 0. The molecule has 88 valence electrons. The summed E-state index contributed by atoms with van der Waals surface area (Å²) in [6, 6.07) is 3.91. The topological polar surface area (TPSA) is 29.9 Å². The van der Waals surface area contributed by atoms with Crippen LogP contribution in [0.15, 0.2) is 30.6 Å². The molecule has 1 aliphatic carbocycles. The van der Waals surface area contributed by atoms with Gasteiger partial charge >= 0.3 is 0 Å². The van der Waals surface area contributed by atoms with E-state index in [0.717, 1.165) is 18.9 Å². The predicted octanol–water partition coefficient (Wildman–Crippen LogP) is 3.24. The minimum Gasteiger partial charge on any atom is -0.323 e. The third kappa shape index (κ3) is 2.00. The smallest absolute Gasteiger partial charge is 0.207 e. The number of hydrogen-bond acceptors (Lipinski definition) is 2. The Balaban J connectivity index is 1.88. The molecule has 3 rings (SSSR count). The minimum absolute atomic E-state index is 0.236. The van der Waals surface area contributed by atoms with Crippen molar-refractivity contribution >= 4 is 11.6 Å². The molecule has 1 aliphatic rings. The van der Waals surface area contributed by atoms with E-state index in [1.54, 1.807) is 6.20 Å². The Labute approximate surface area is 97.1 Å². The van der Waals surface area contributed by atoms with Crippen molar-refractivity contribution < 1.29 is 8.78 Å². The highest BCUT2D eigenvalue weighted by atomic mass is 19.1. The average molecular weight is 235 g/mol. The quantitative estimate of drug-likeness (QED) is 0.885. The summed E-state index contributed by atoms with van der Waals surface area (Å²) in [4.78, 5) is 4.13. The lowest BCUT2D eigenvalue weighted by molar-refractivity contribution is 0.585. The highest BCUT2D eigenvalue weighted by molar-refractivity contribution is 5.54. The first kappa shape index (κ1) is 10.3. The van der Waals surface area contributed by atoms with Gasteiger partial charge < -0.3 is 9.88 Å². The molecular weight excluding hydrogens is 224 g/mol. The summed E-state index contributed by atoms with van der Waals surface area (Å²) in [5.41, 5.74) is 0.236. The van der Waals surface area contributed by atoms with Crippen LogP contribution in [0.5, 0.6) is 0 Å². The van der Waals surface area contributed by atoms with Gasteiger partial charge in [0.2, 0.25) is 5.95 Å². The van der Waals surface area contributed by atoms with Gasteiger partial charge in [-0.05, 0) is 25.0 Å². The van der Waals surface area contributed by atoms with E-state index in [1.165, 1.54) is 12.1 Å². The number of benzene rings is 1. The largest absolute Gasteiger partial charge is 0.323 e. The number of hydrogen-bond donors (Lipinski definition) is 1. The molecule has 1 heterocycles. The Morgan fingerprint density at radius 3 is 2.82 bits per heavy atom. The van der Waals surface area contributed by atoms with Crippen molar-refractivity contribution in [2.45, 2.75) is 18.9 Å². The predicted molar refractivity (Wildman–Crippen MR) is 60.1 cm³/mol. The lowest BCUT2D eigenvalue weighted by Gasteiger charge is -2.09. The maximum absolute atomic E-state index is 13.5. The van der Waals surface area contributed by atoms with Crippen molar-refractivity contribution in [2.75, 3.05) is 5.32 Å². The summed E-state index contributed by atoms with van der Waals surface area (Å²) in [6.45, 7) is 0. The van der Waals surface area contributed by atoms with Crippen LogP contribution >= 0.6 is 0 Å². The van der Waals surface area contributed by atoms with E-state index < -0.39 is 11.6 Å². The Hall–Kier alpha value is -1.91. The fourth-order valence-corrected chi connectivity index (χ4v) is 1.77. The van der Waals surface area contributed by atoms with Crippen molar-refractivity contribution in [2.24, 2.45) is 0 Å². The minimum atomic E-state index is -0.615. The van der Waals surface area contributed by atoms with Crippen molar-refractivity contribution in [1.82, 2.24) is 9.55 Å². The Morgan fingerprint density at radius 1 is 1.29 bits per heavy atom. The second kappa shape index (κ2) is 3.84. The molecule has 0 atom stereocenters. The van der Waals surface area contributed by atoms with Gasteiger partial charge in [0.1, 0.15) is 11.6 Å². The Bertz CT molecular complexity index is 546. The molecule has 3 nitrogen and oxygen atoms in total. The molecule has 5 heteroatoms. The third-order valence-corrected chi connectivity index (χ3v) is 2.79. The number of rotatable bonds is 3. The maximum atomic E-state index is 13.5. The average Bonchev–Trinajstić information content (AvgIpc) is 3.03. The molecule has 1 aromatic carbocycles. The zero-order chi connectivity index (χ0) is 11.8. The fourth-order valence-electron chi connectivity index (χ4n) is 1.77. The van der Waals surface area contributed by atoms with Crippen LogP contribution in [0.1, 0.15) is 18.9 Å². The van der Waals surface area contributed by atoms with Gasteiger partial charge in [-0.25, -0.2) is 13.8 Å². The molecule has 0 bridgehead atoms. The molecule has 0 radical (unpaired) electrons. The summed E-state index contributed by atoms with van der Waals surface area (Å²) in [6.07, 6.45) is 5.78. The van der Waals surface area contributed by atoms with Gasteiger partial charge in [0.05, 0.1) is 5.69 Å². The molecule has 0 amide bonds. The van der Waals surface area contributed by atoms with Gasteiger partial charge in [0.25, 0.3) is 0 Å². The van der Waals surface area contributed by atoms with Crippen LogP contribution in [0.2, 0.25) is 0 Å². The van der Waals surface area contributed by atoms with Gasteiger partial charge in [0, 0.05) is 24.5 Å². The molecule has 1 N–H and O–H groups in total. The van der Waals surface area contributed by atoms with Crippen LogP contribution in [0.4, 0.5) is 20.4 Å². The number of nitrogens with one attached hydrogen (secondary N) is 1. The lowest BCUT2D eigenvalue weighted by atomic mass is 10.3. The number of anilines is 2. The monoisotopic (exact) mass is 235 g/mol. The molecule has 2 aromatic rings. The van der Waals surface area contributed by atoms with Crippen molar-refractivity contribution in [1.29, 1.82) is 0 Å². The number of nitrogens with zero attached hydrogens (tertiary/aromatic N) is 2. The van der Waals surface area contributed by atoms with Crippen LogP contribution in [-0.4, -0.2) is 9.55 Å². The van der Waals surface area contributed by atoms with E-state index in [0.29, 0.717) is 12.0 Å². The van der Waals surface area contributed by atoms with Crippen molar-refractivity contribution in [3.63, 3.8) is 0 Å². The van der Waals surface area contributed by atoms with Gasteiger partial charge in [0.15, 0.2) is 0 Å². The van der Waals surface area contributed by atoms with Crippen molar-refractivity contribution in [3.05, 3.63) is 42.2 Å². The summed E-state index contributed by atoms with van der Waals surface area (Å²) in [5.74, 6) is -0.605. The van der Waals surface area contributed by atoms with Gasteiger partial charge in [-0.15, -0.1) is 0 Å². The molecular formula is C12H11F2N3. The number of imidazole rings is 1. The molecule has 0 spiro atoms. The molecule has 0 saturated heterocycles. The molecule has 1 saturated carbocycles. The molecule has 17 heavy (non-hydrogen) atoms. The second-order valence-corrected chi connectivity index (χ2v) is 4.14. The van der Waals surface area contributed by atoms with E-state index in [2.05, 4.69) is 10.3 Å². The zero-order valence-electron chi connectivity index (χ0n) is 9.03. The Morgan fingerprint density at radius 2 is 2.12 bits per heavy atom. The van der Waals surface area contributed by atoms with E-state index in [9.17, 15) is 8.78 Å². The lowest BCUT2D eigenvalue weighted by Crippen LogP contribution is -2.02. The van der Waals surface area contributed by atoms with Gasteiger partial charge in [-0.3, -0.25) is 0 Å². The highest BCUT2D eigenvalue weighted by Gasteiger charge is 2.25. The van der Waals surface area contributed by atoms with Crippen LogP contribution in [0, 0.1) is 11.6 Å². The molecule has 1 fully saturated rings. The fraction of sp³-hybridized carbons (Fsp3) is 0.250. The summed E-state index contributed by atoms with van der Waals surface area (Å²) in [5, 5.41) is 2.88. The summed E-state index contributed by atoms with van der Waals surface area (Å²) in [7, 11) is 0. The molecule has 0 aliphatic heterocycles. The van der Waals surface area contributed by atoms with E-state index >= 15 is 0 Å². The first-order valence-corrected chi connectivity index (χ1v) is 5.49. The normalized spacial score (nSPS) is 14.9. The van der Waals surface area contributed by atoms with Crippen molar-refractivity contribution in [3.8, 4) is 0 Å². The highest BCUT2D eigenvalue weighted by Crippen LogP contribution is 2.37. The van der Waals surface area contributed by atoms with Crippen LogP contribution in [0.25, 0.3) is 0 Å². The van der Waals surface area contributed by atoms with E-state index in [-0.39, 0.29) is 5.69 Å². The van der Waals surface area contributed by atoms with Crippen LogP contribution in [-0.2, 0) is 0 Å². The van der Waals surface area contributed by atoms with Gasteiger partial charge in [-0.2, -0.15) is 0 Å². The Kier molecular flexibility index (Phi) is 2.31. The van der Waals surface area contributed by atoms with E-state index in [1.807, 2.05) is 10.8 Å². The number of halogens is 2. The first-order valence-electron chi connectivity index (χ1n) is 5.49.